The van der Waals surface area contributed by atoms with E-state index in [1.807, 2.05) is 4.72 Å². The van der Waals surface area contributed by atoms with Crippen molar-refractivity contribution in [3.05, 3.63) is 0 Å². The number of hydrogen-bond donors (Lipinski definition) is 3. The Labute approximate surface area is 171 Å². The van der Waals surface area contributed by atoms with E-state index < -0.39 is 34.0 Å². The summed E-state index contributed by atoms with van der Waals surface area (Å²) in [5.74, 6) is -1.60. The maximum atomic E-state index is 12.5. The van der Waals surface area contributed by atoms with E-state index in [1.165, 1.54) is 6.92 Å². The van der Waals surface area contributed by atoms with Gasteiger partial charge in [-0.05, 0) is 32.6 Å². The second kappa shape index (κ2) is 9.86. The molecule has 3 N–H and O–H groups in total. The number of sulfonamides is 1. The minimum Gasteiger partial charge on any atom is -0.378 e. The van der Waals surface area contributed by atoms with Gasteiger partial charge in [0.15, 0.2) is 0 Å². The van der Waals surface area contributed by atoms with Gasteiger partial charge in [-0.15, -0.1) is 0 Å². The van der Waals surface area contributed by atoms with E-state index in [1.54, 1.807) is 6.92 Å². The Morgan fingerprint density at radius 2 is 1.90 bits per heavy atom. The first kappa shape index (κ1) is 23.6. The molecule has 2 bridgehead atoms. The van der Waals surface area contributed by atoms with Gasteiger partial charge in [-0.2, -0.15) is 0 Å². The molecule has 1 saturated carbocycles. The molecule has 10 nitrogen and oxygen atoms in total. The molecule has 2 heterocycles. The Balaban J connectivity index is 1.85. The smallest absolute Gasteiger partial charge is 0.245 e. The van der Waals surface area contributed by atoms with Crippen LogP contribution in [0, 0.1) is 5.41 Å². The van der Waals surface area contributed by atoms with Crippen LogP contribution in [0.3, 0.4) is 0 Å². The van der Waals surface area contributed by atoms with Crippen LogP contribution in [-0.2, 0) is 33.9 Å². The molecule has 0 aromatic rings. The first-order chi connectivity index (χ1) is 13.5. The number of fused-ring (bicyclic) bond motifs is 3. The van der Waals surface area contributed by atoms with Gasteiger partial charge >= 0.3 is 0 Å². The number of carbonyl (C=O) groups excluding carboxylic acids is 3. The zero-order chi connectivity index (χ0) is 21.7. The van der Waals surface area contributed by atoms with Crippen LogP contribution >= 0.6 is 0 Å². The average molecular weight is 434 g/mol. The number of carbonyl (C=O) groups is 3. The van der Waals surface area contributed by atoms with Gasteiger partial charge < -0.3 is 20.1 Å². The summed E-state index contributed by atoms with van der Waals surface area (Å²) in [7, 11) is -3.64. The molecule has 3 fully saturated rings. The zero-order valence-electron chi connectivity index (χ0n) is 17.2. The fourth-order valence-corrected chi connectivity index (χ4v) is 4.20. The van der Waals surface area contributed by atoms with Crippen molar-refractivity contribution in [2.75, 3.05) is 26.0 Å². The van der Waals surface area contributed by atoms with Crippen LogP contribution in [0.2, 0.25) is 0 Å². The molecule has 3 aliphatic rings. The Hall–Kier alpha value is -1.72. The van der Waals surface area contributed by atoms with E-state index in [9.17, 15) is 22.8 Å². The van der Waals surface area contributed by atoms with Gasteiger partial charge in [0.05, 0.1) is 31.7 Å². The molecule has 3 amide bonds. The molecule has 1 aliphatic carbocycles. The Morgan fingerprint density at radius 3 is 2.41 bits per heavy atom. The third-order valence-corrected chi connectivity index (χ3v) is 5.93. The summed E-state index contributed by atoms with van der Waals surface area (Å²) in [4.78, 5) is 35.6. The maximum absolute atomic E-state index is 12.5. The fourth-order valence-electron chi connectivity index (χ4n) is 3.68. The summed E-state index contributed by atoms with van der Waals surface area (Å²) in [6.45, 7) is 4.05. The first-order valence-corrected chi connectivity index (χ1v) is 11.7. The lowest BCUT2D eigenvalue weighted by atomic mass is 9.72. The van der Waals surface area contributed by atoms with Crippen molar-refractivity contribution in [3.8, 4) is 0 Å². The average Bonchev–Trinajstić information content (AvgIpc) is 2.64. The van der Waals surface area contributed by atoms with Crippen LogP contribution in [0.5, 0.6) is 0 Å². The lowest BCUT2D eigenvalue weighted by Gasteiger charge is -2.46. The van der Waals surface area contributed by atoms with Crippen LogP contribution in [0.1, 0.15) is 46.0 Å². The molecular weight excluding hydrogens is 402 g/mol. The number of amides is 3. The van der Waals surface area contributed by atoms with Gasteiger partial charge in [0.2, 0.25) is 27.7 Å². The third kappa shape index (κ3) is 7.56. The molecule has 1 unspecified atom stereocenters. The molecule has 166 valence electrons. The summed E-state index contributed by atoms with van der Waals surface area (Å²) in [5.41, 5.74) is -0.0377. The van der Waals surface area contributed by atoms with E-state index in [-0.39, 0.29) is 24.3 Å². The minimum atomic E-state index is -3.64. The molecule has 0 aromatic carbocycles. The van der Waals surface area contributed by atoms with Crippen LogP contribution in [0.15, 0.2) is 0 Å². The second-order valence-electron chi connectivity index (χ2n) is 8.04. The van der Waals surface area contributed by atoms with Crippen LogP contribution in [-0.4, -0.2) is 70.4 Å². The Bertz CT molecular complexity index is 703. The zero-order valence-corrected chi connectivity index (χ0v) is 18.0. The largest absolute Gasteiger partial charge is 0.378 e. The van der Waals surface area contributed by atoms with Crippen molar-refractivity contribution in [2.45, 2.75) is 64.2 Å². The van der Waals surface area contributed by atoms with Crippen molar-refractivity contribution in [2.24, 2.45) is 5.41 Å². The molecule has 0 aromatic heterocycles. The number of rotatable bonds is 10. The van der Waals surface area contributed by atoms with Crippen molar-refractivity contribution >= 4 is 27.7 Å². The van der Waals surface area contributed by atoms with E-state index in [0.717, 1.165) is 31.9 Å². The van der Waals surface area contributed by atoms with Crippen molar-refractivity contribution in [1.82, 2.24) is 15.4 Å². The van der Waals surface area contributed by atoms with Gasteiger partial charge in [-0.1, -0.05) is 0 Å². The quantitative estimate of drug-likeness (QED) is 0.419. The highest BCUT2D eigenvalue weighted by Gasteiger charge is 2.42. The van der Waals surface area contributed by atoms with Crippen LogP contribution in [0.25, 0.3) is 0 Å². The van der Waals surface area contributed by atoms with Gasteiger partial charge in [0, 0.05) is 25.3 Å². The molecule has 3 rings (SSSR count). The van der Waals surface area contributed by atoms with E-state index in [2.05, 4.69) is 10.6 Å². The van der Waals surface area contributed by atoms with Crippen molar-refractivity contribution < 1.29 is 32.3 Å². The molecule has 11 heteroatoms. The second-order valence-corrected chi connectivity index (χ2v) is 9.79. The summed E-state index contributed by atoms with van der Waals surface area (Å²) < 4.78 is 35.6. The lowest BCUT2D eigenvalue weighted by molar-refractivity contribution is -0.154. The summed E-state index contributed by atoms with van der Waals surface area (Å²) in [5, 5.41) is 5.12. The Kier molecular flexibility index (Phi) is 8.01. The highest BCUT2D eigenvalue weighted by atomic mass is 32.2. The van der Waals surface area contributed by atoms with E-state index in [0.29, 0.717) is 19.3 Å². The maximum Gasteiger partial charge on any atom is 0.245 e. The van der Waals surface area contributed by atoms with Gasteiger partial charge in [-0.3, -0.25) is 19.1 Å². The topological polar surface area (TPSA) is 140 Å². The number of nitrogens with one attached hydrogen (secondary N) is 3. The first-order valence-electron chi connectivity index (χ1n) is 9.78. The van der Waals surface area contributed by atoms with E-state index >= 15 is 0 Å². The normalized spacial score (nSPS) is 25.7. The van der Waals surface area contributed by atoms with Gasteiger partial charge in [0.1, 0.15) is 6.04 Å². The summed E-state index contributed by atoms with van der Waals surface area (Å²) >= 11 is 0. The standard InChI is InChI=1S/C18H31N3O7S/c1-12(27-10-18-7-4-14(5-8-18)28-11-18)16(20-13(2)22)17(24)19-9-6-15(23)21-29(3,25)26/h12,14,16H,4-11H2,1-3H3,(H,19,24)(H,20,22)(H,21,23)/t12-,14?,16?,18?/m1/s1. The predicted molar refractivity (Wildman–Crippen MR) is 104 cm³/mol. The SMILES string of the molecule is CC(=O)NC(C(=O)NCCC(=O)NS(C)(=O)=O)[C@@H](C)OCC12CCC(CC1)OC2. The summed E-state index contributed by atoms with van der Waals surface area (Å²) in [6.07, 6.45) is 4.52. The molecule has 2 aliphatic heterocycles. The molecule has 2 saturated heterocycles. The molecule has 2 atom stereocenters. The highest BCUT2D eigenvalue weighted by molar-refractivity contribution is 7.89. The minimum absolute atomic E-state index is 0.0377. The van der Waals surface area contributed by atoms with Crippen LogP contribution in [0.4, 0.5) is 0 Å². The highest BCUT2D eigenvalue weighted by Crippen LogP contribution is 2.43. The van der Waals surface area contributed by atoms with Gasteiger partial charge in [-0.25, -0.2) is 8.42 Å². The van der Waals surface area contributed by atoms with Crippen LogP contribution < -0.4 is 15.4 Å². The van der Waals surface area contributed by atoms with E-state index in [4.69, 9.17) is 9.47 Å². The number of ether oxygens (including phenoxy) is 2. The van der Waals surface area contributed by atoms with Gasteiger partial charge in [0.25, 0.3) is 0 Å². The Morgan fingerprint density at radius 1 is 1.24 bits per heavy atom. The molecule has 29 heavy (non-hydrogen) atoms. The predicted octanol–water partition coefficient (Wildman–Crippen LogP) is -0.562. The summed E-state index contributed by atoms with van der Waals surface area (Å²) in [6, 6.07) is -0.928. The molecular formula is C18H31N3O7S. The fraction of sp³-hybridized carbons (Fsp3) is 0.833. The monoisotopic (exact) mass is 433 g/mol. The van der Waals surface area contributed by atoms with Crippen molar-refractivity contribution in [1.29, 1.82) is 0 Å². The number of hydrogen-bond acceptors (Lipinski definition) is 7. The van der Waals surface area contributed by atoms with Crippen molar-refractivity contribution in [3.63, 3.8) is 0 Å². The molecule has 0 radical (unpaired) electrons. The molecule has 0 spiro atoms. The lowest BCUT2D eigenvalue weighted by Crippen LogP contribution is -2.54. The third-order valence-electron chi connectivity index (χ3n) is 5.33.